The first-order valence-corrected chi connectivity index (χ1v) is 8.20. The third-order valence-electron chi connectivity index (χ3n) is 3.95. The molecule has 1 aromatic heterocycles. The van der Waals surface area contributed by atoms with Crippen molar-refractivity contribution in [1.82, 2.24) is 9.97 Å². The van der Waals surface area contributed by atoms with E-state index in [4.69, 9.17) is 0 Å². The topological polar surface area (TPSA) is 70.4 Å². The molecule has 26 heavy (non-hydrogen) atoms. The lowest BCUT2D eigenvalue weighted by Gasteiger charge is -2.08. The minimum absolute atomic E-state index is 0.176. The summed E-state index contributed by atoms with van der Waals surface area (Å²) in [6.07, 6.45) is 1.56. The van der Waals surface area contributed by atoms with Gasteiger partial charge in [-0.15, -0.1) is 0 Å². The standard InChI is InChI=1S/C21H16N4O/c26-19-13-7-4-10-16(19)14-22-25-21-17-11-5-6-12-18(17)23-20(24-21)15-8-2-1-3-9-15/h1-14,26H,(H,23,24,25)/b22-14+. The summed E-state index contributed by atoms with van der Waals surface area (Å²) in [4.78, 5) is 9.27. The highest BCUT2D eigenvalue weighted by Crippen LogP contribution is 2.24. The zero-order chi connectivity index (χ0) is 17.8. The van der Waals surface area contributed by atoms with Gasteiger partial charge in [-0.2, -0.15) is 5.10 Å². The molecule has 0 bridgehead atoms. The first kappa shape index (κ1) is 15.8. The molecule has 2 N–H and O–H groups in total. The number of para-hydroxylation sites is 2. The van der Waals surface area contributed by atoms with Crippen LogP contribution in [0, 0.1) is 0 Å². The van der Waals surface area contributed by atoms with Gasteiger partial charge in [-0.05, 0) is 24.3 Å². The lowest BCUT2D eigenvalue weighted by atomic mass is 10.2. The predicted octanol–water partition coefficient (Wildman–Crippen LogP) is 4.45. The van der Waals surface area contributed by atoms with Crippen LogP contribution in [0.2, 0.25) is 0 Å². The summed E-state index contributed by atoms with van der Waals surface area (Å²) >= 11 is 0. The second-order valence-electron chi connectivity index (χ2n) is 5.71. The quantitative estimate of drug-likeness (QED) is 0.425. The molecule has 0 amide bonds. The minimum atomic E-state index is 0.176. The van der Waals surface area contributed by atoms with E-state index in [1.807, 2.05) is 60.7 Å². The van der Waals surface area contributed by atoms with Gasteiger partial charge >= 0.3 is 0 Å². The molecular formula is C21H16N4O. The summed E-state index contributed by atoms with van der Waals surface area (Å²) in [6.45, 7) is 0. The molecule has 3 aromatic carbocycles. The fourth-order valence-corrected chi connectivity index (χ4v) is 2.64. The van der Waals surface area contributed by atoms with Crippen LogP contribution in [0.15, 0.2) is 84.0 Å². The average molecular weight is 340 g/mol. The van der Waals surface area contributed by atoms with E-state index in [0.29, 0.717) is 17.2 Å². The van der Waals surface area contributed by atoms with Crippen LogP contribution in [0.1, 0.15) is 5.56 Å². The number of hydrogen-bond donors (Lipinski definition) is 2. The molecule has 0 radical (unpaired) electrons. The number of hydrazone groups is 1. The van der Waals surface area contributed by atoms with Gasteiger partial charge in [0, 0.05) is 16.5 Å². The highest BCUT2D eigenvalue weighted by atomic mass is 16.3. The molecule has 0 saturated heterocycles. The van der Waals surface area contributed by atoms with Crippen molar-refractivity contribution in [3.8, 4) is 17.1 Å². The second-order valence-corrected chi connectivity index (χ2v) is 5.71. The molecular weight excluding hydrogens is 324 g/mol. The highest BCUT2D eigenvalue weighted by molar-refractivity contribution is 5.91. The maximum atomic E-state index is 9.83. The van der Waals surface area contributed by atoms with Gasteiger partial charge in [0.25, 0.3) is 0 Å². The molecule has 5 heteroatoms. The van der Waals surface area contributed by atoms with Crippen LogP contribution in [0.3, 0.4) is 0 Å². The normalized spacial score (nSPS) is 11.1. The first-order valence-electron chi connectivity index (χ1n) is 8.20. The van der Waals surface area contributed by atoms with Crippen LogP contribution in [-0.4, -0.2) is 21.3 Å². The molecule has 0 saturated carbocycles. The Morgan fingerprint density at radius 1 is 0.808 bits per heavy atom. The van der Waals surface area contributed by atoms with Gasteiger partial charge in [-0.3, -0.25) is 5.43 Å². The van der Waals surface area contributed by atoms with Crippen molar-refractivity contribution >= 4 is 22.9 Å². The summed E-state index contributed by atoms with van der Waals surface area (Å²) < 4.78 is 0. The van der Waals surface area contributed by atoms with Crippen molar-refractivity contribution in [2.75, 3.05) is 5.43 Å². The van der Waals surface area contributed by atoms with Crippen molar-refractivity contribution in [3.05, 3.63) is 84.4 Å². The number of rotatable bonds is 4. The Hall–Kier alpha value is -3.73. The third-order valence-corrected chi connectivity index (χ3v) is 3.95. The van der Waals surface area contributed by atoms with E-state index in [1.54, 1.807) is 24.4 Å². The van der Waals surface area contributed by atoms with E-state index in [-0.39, 0.29) is 5.75 Å². The van der Waals surface area contributed by atoms with Gasteiger partial charge in [-0.25, -0.2) is 9.97 Å². The fourth-order valence-electron chi connectivity index (χ4n) is 2.64. The molecule has 0 aliphatic heterocycles. The van der Waals surface area contributed by atoms with Crippen molar-refractivity contribution in [2.45, 2.75) is 0 Å². The van der Waals surface area contributed by atoms with Crippen molar-refractivity contribution in [2.24, 2.45) is 5.10 Å². The van der Waals surface area contributed by atoms with E-state index in [2.05, 4.69) is 20.5 Å². The Morgan fingerprint density at radius 2 is 1.54 bits per heavy atom. The largest absolute Gasteiger partial charge is 0.507 e. The van der Waals surface area contributed by atoms with Crippen LogP contribution in [0.25, 0.3) is 22.3 Å². The zero-order valence-corrected chi connectivity index (χ0v) is 13.9. The maximum Gasteiger partial charge on any atom is 0.162 e. The van der Waals surface area contributed by atoms with E-state index in [1.165, 1.54) is 0 Å². The number of fused-ring (bicyclic) bond motifs is 1. The molecule has 0 spiro atoms. The van der Waals surface area contributed by atoms with Gasteiger partial charge in [-0.1, -0.05) is 54.6 Å². The summed E-state index contributed by atoms with van der Waals surface area (Å²) in [6, 6.07) is 24.6. The fraction of sp³-hybridized carbons (Fsp3) is 0. The SMILES string of the molecule is Oc1ccccc1/C=N/Nc1nc(-c2ccccc2)nc2ccccc12. The first-order chi connectivity index (χ1) is 12.8. The smallest absolute Gasteiger partial charge is 0.162 e. The molecule has 126 valence electrons. The number of aromatic hydroxyl groups is 1. The Balaban J connectivity index is 1.73. The van der Waals surface area contributed by atoms with Crippen LogP contribution in [0.5, 0.6) is 5.75 Å². The number of aromatic nitrogens is 2. The molecule has 1 heterocycles. The number of nitrogens with zero attached hydrogens (tertiary/aromatic N) is 3. The van der Waals surface area contributed by atoms with Gasteiger partial charge in [0.15, 0.2) is 11.6 Å². The Bertz CT molecular complexity index is 1080. The molecule has 0 aliphatic rings. The molecule has 4 aromatic rings. The van der Waals surface area contributed by atoms with Crippen molar-refractivity contribution in [3.63, 3.8) is 0 Å². The maximum absolute atomic E-state index is 9.83. The number of phenols is 1. The van der Waals surface area contributed by atoms with Crippen molar-refractivity contribution < 1.29 is 5.11 Å². The molecule has 5 nitrogen and oxygen atoms in total. The number of benzene rings is 3. The molecule has 0 unspecified atom stereocenters. The molecule has 0 atom stereocenters. The van der Waals surface area contributed by atoms with E-state index < -0.39 is 0 Å². The number of phenolic OH excluding ortho intramolecular Hbond substituents is 1. The molecule has 0 aliphatic carbocycles. The third kappa shape index (κ3) is 3.23. The van der Waals surface area contributed by atoms with Gasteiger partial charge in [0.2, 0.25) is 0 Å². The van der Waals surface area contributed by atoms with Crippen LogP contribution in [-0.2, 0) is 0 Å². The van der Waals surface area contributed by atoms with E-state index in [0.717, 1.165) is 16.5 Å². The van der Waals surface area contributed by atoms with Gasteiger partial charge < -0.3 is 5.11 Å². The Morgan fingerprint density at radius 3 is 2.38 bits per heavy atom. The summed E-state index contributed by atoms with van der Waals surface area (Å²) in [5.41, 5.74) is 5.38. The van der Waals surface area contributed by atoms with E-state index >= 15 is 0 Å². The van der Waals surface area contributed by atoms with Gasteiger partial charge in [0.1, 0.15) is 5.75 Å². The molecule has 0 fully saturated rings. The second kappa shape index (κ2) is 7.03. The summed E-state index contributed by atoms with van der Waals surface area (Å²) in [5.74, 6) is 1.42. The Kier molecular flexibility index (Phi) is 4.26. The van der Waals surface area contributed by atoms with Crippen LogP contribution in [0.4, 0.5) is 5.82 Å². The predicted molar refractivity (Wildman–Crippen MR) is 104 cm³/mol. The van der Waals surface area contributed by atoms with Gasteiger partial charge in [0.05, 0.1) is 11.7 Å². The number of hydrogen-bond acceptors (Lipinski definition) is 5. The number of anilines is 1. The van der Waals surface area contributed by atoms with Crippen LogP contribution >= 0.6 is 0 Å². The molecule has 4 rings (SSSR count). The lowest BCUT2D eigenvalue weighted by molar-refractivity contribution is 0.474. The highest BCUT2D eigenvalue weighted by Gasteiger charge is 2.08. The minimum Gasteiger partial charge on any atom is -0.507 e. The van der Waals surface area contributed by atoms with Crippen molar-refractivity contribution in [1.29, 1.82) is 0 Å². The summed E-state index contributed by atoms with van der Waals surface area (Å²) in [5, 5.41) is 14.9. The Labute approximate surface area is 150 Å². The van der Waals surface area contributed by atoms with E-state index in [9.17, 15) is 5.11 Å². The monoisotopic (exact) mass is 340 g/mol. The van der Waals surface area contributed by atoms with Crippen LogP contribution < -0.4 is 5.43 Å². The number of nitrogens with one attached hydrogen (secondary N) is 1. The zero-order valence-electron chi connectivity index (χ0n) is 13.9. The average Bonchev–Trinajstić information content (AvgIpc) is 2.70. The summed E-state index contributed by atoms with van der Waals surface area (Å²) in [7, 11) is 0. The lowest BCUT2D eigenvalue weighted by Crippen LogP contribution is -1.99.